The number of ketones is 1. The van der Waals surface area contributed by atoms with E-state index in [-0.39, 0.29) is 101 Å². The van der Waals surface area contributed by atoms with Crippen LogP contribution in [0.2, 0.25) is 0 Å². The minimum Gasteiger partial charge on any atom is -0.481 e. The van der Waals surface area contributed by atoms with E-state index in [0.29, 0.717) is 85.8 Å². The van der Waals surface area contributed by atoms with Gasteiger partial charge >= 0.3 is 17.3 Å². The van der Waals surface area contributed by atoms with Gasteiger partial charge < -0.3 is 29.9 Å². The second kappa shape index (κ2) is 40.5. The minimum atomic E-state index is -1.16. The lowest BCUT2D eigenvalue weighted by molar-refractivity contribution is -0.387. The first-order chi connectivity index (χ1) is 57.3. The molecule has 122 heavy (non-hydrogen) atoms. The molecule has 0 atom stereocenters. The Morgan fingerprint density at radius 3 is 1.27 bits per heavy atom. The number of hydrogen-bond acceptors (Lipinski definition) is 15. The van der Waals surface area contributed by atoms with Crippen LogP contribution in [0, 0.1) is 122 Å². The van der Waals surface area contributed by atoms with E-state index in [4.69, 9.17) is 10.8 Å². The van der Waals surface area contributed by atoms with Crippen LogP contribution in [0.4, 0.5) is 69.7 Å². The zero-order valence-electron chi connectivity index (χ0n) is 61.4. The summed E-state index contributed by atoms with van der Waals surface area (Å²) < 4.78 is 170. The quantitative estimate of drug-likeness (QED) is 0.0188. The summed E-state index contributed by atoms with van der Waals surface area (Å²) in [6.07, 6.45) is 5.41. The Morgan fingerprint density at radius 1 is 0.418 bits per heavy atom. The fourth-order valence-corrected chi connectivity index (χ4v) is 18.6. The number of nitrogens with zero attached hydrogens (tertiary/aromatic N) is 12. The number of carboxylic acids is 1. The van der Waals surface area contributed by atoms with Crippen LogP contribution in [0.15, 0.2) is 135 Å². The summed E-state index contributed by atoms with van der Waals surface area (Å²) in [5, 5.41) is 50.1. The lowest BCUT2D eigenvalue weighted by Gasteiger charge is -2.13. The van der Waals surface area contributed by atoms with Crippen molar-refractivity contribution in [3.8, 4) is 0 Å². The van der Waals surface area contributed by atoms with E-state index in [1.54, 1.807) is 184 Å². The number of H-pyrrole nitrogens is 2. The number of pyridine rings is 4. The topological polar surface area (TPSA) is 348 Å². The standard InChI is InChI=1S/C21H13F3I3N3O2.C14H11FIN3O3.C11H7FIN3O.C11H8FN3O.C6HF2I2NO2.C6H3F2I2N.C6H3F2NO2/c1-29-20-11-6-14(25)13(22)7-16(11)30(21(32)12(20)8-28-29)3-2-10(31)4-9-5-15(26)18(24)19(27)17(9)23;1-18-13-7-4-10(16)9(15)5-11(7)19(3-2-12(20)21)14(22)8(13)6-17-18;1-16-10-5-2-8(13)7(12)3-9(5)15-11(17)6(10)4-14-16;1-15-10-7-3-2-6(12)4-9(7)14-11(16)8(10)5-13-15;7-4-2(9)1-3(11(12)13)5(8)6(4)10;7-4-2(9)1-3(11)5(8)6(4)10;7-4-1-2-6(9(10)11)5(8)3-4/h5-8H,2-4H2,1H3;4-6H,2-3H2,1H3,(H,20,21);2-4H,1H3,(H,15,17);2-5H,1H3,(H,14,16);1H;1H,11H2;1-3H. The number of carbonyl (C=O) groups excluding carboxylic acids is 1. The van der Waals surface area contributed by atoms with E-state index >= 15 is 0 Å². The zero-order valence-corrected chi connectivity index (χ0v) is 80.8. The van der Waals surface area contributed by atoms with Gasteiger partial charge in [0.1, 0.15) is 40.7 Å². The monoisotopic (exact) mass is 2700 g/mol. The van der Waals surface area contributed by atoms with Gasteiger partial charge in [-0.15, -0.1) is 0 Å². The fraction of sp³-hybridized carbons (Fsp3) is 0.120. The van der Waals surface area contributed by atoms with Crippen LogP contribution in [0.3, 0.4) is 0 Å². The van der Waals surface area contributed by atoms with E-state index in [0.717, 1.165) is 40.0 Å². The first-order valence-electron chi connectivity index (χ1n) is 33.7. The third kappa shape index (κ3) is 21.0. The van der Waals surface area contributed by atoms with Crippen molar-refractivity contribution in [2.24, 2.45) is 28.2 Å². The number of carboxylic acid groups (broad SMARTS) is 1. The third-order valence-electron chi connectivity index (χ3n) is 17.7. The summed E-state index contributed by atoms with van der Waals surface area (Å²) >= 11 is 15.3. The van der Waals surface area contributed by atoms with Crippen molar-refractivity contribution < 1.29 is 77.2 Å². The van der Waals surface area contributed by atoms with Crippen molar-refractivity contribution in [1.29, 1.82) is 0 Å². The zero-order chi connectivity index (χ0) is 90.0. The molecule has 0 aliphatic heterocycles. The van der Waals surface area contributed by atoms with Gasteiger partial charge in [-0.2, -0.15) is 29.2 Å². The molecular formula is C75H46F12I9N15O11. The number of rotatable bonds is 10. The average molecular weight is 2700 g/mol. The van der Waals surface area contributed by atoms with Gasteiger partial charge in [0.2, 0.25) is 11.6 Å². The van der Waals surface area contributed by atoms with Gasteiger partial charge in [0.25, 0.3) is 22.2 Å². The number of nitro benzene ring substituents is 2. The van der Waals surface area contributed by atoms with Gasteiger partial charge in [-0.3, -0.25) is 67.7 Å². The molecule has 8 aromatic heterocycles. The number of hydrogen-bond donors (Lipinski definition) is 4. The highest BCUT2D eigenvalue weighted by Crippen LogP contribution is 2.34. The predicted octanol–water partition coefficient (Wildman–Crippen LogP) is 18.9. The number of fused-ring (bicyclic) bond motifs is 12. The molecule has 16 rings (SSSR count). The summed E-state index contributed by atoms with van der Waals surface area (Å²) in [4.78, 5) is 96.3. The van der Waals surface area contributed by atoms with Crippen LogP contribution in [0.1, 0.15) is 18.4 Å². The number of anilines is 1. The third-order valence-corrected chi connectivity index (χ3v) is 25.3. The molecule has 16 aromatic rings. The summed E-state index contributed by atoms with van der Waals surface area (Å²) in [6.45, 7) is -0.0223. The van der Waals surface area contributed by atoms with Gasteiger partial charge in [0.15, 0.2) is 23.3 Å². The molecule has 0 saturated heterocycles. The molecule has 0 bridgehead atoms. The van der Waals surface area contributed by atoms with Crippen LogP contribution in [-0.4, -0.2) is 84.9 Å². The molecule has 0 amide bonds. The average Bonchev–Trinajstić information content (AvgIpc) is 1.54. The Hall–Kier alpha value is -8.05. The Labute approximate surface area is 796 Å². The van der Waals surface area contributed by atoms with Crippen molar-refractivity contribution in [2.45, 2.75) is 32.4 Å². The molecule has 634 valence electrons. The van der Waals surface area contributed by atoms with Gasteiger partial charge in [-0.25, -0.2) is 43.9 Å². The Bertz CT molecular complexity index is 7250. The molecule has 5 N–H and O–H groups in total. The summed E-state index contributed by atoms with van der Waals surface area (Å²) in [5.74, 6) is -9.46. The van der Waals surface area contributed by atoms with E-state index in [9.17, 15) is 102 Å². The number of halogens is 21. The molecule has 0 radical (unpaired) electrons. The number of nitrogens with one attached hydrogen (secondary N) is 2. The van der Waals surface area contributed by atoms with Crippen molar-refractivity contribution in [1.82, 2.24) is 58.2 Å². The molecule has 0 aliphatic carbocycles. The van der Waals surface area contributed by atoms with Crippen LogP contribution in [-0.2, 0) is 57.3 Å². The highest BCUT2D eigenvalue weighted by Gasteiger charge is 2.26. The van der Waals surface area contributed by atoms with Gasteiger partial charge in [-0.05, 0) is 282 Å². The van der Waals surface area contributed by atoms with E-state index < -0.39 is 85.4 Å². The smallest absolute Gasteiger partial charge is 0.307 e. The number of nitrogen functional groups attached to an aromatic ring is 1. The second-order valence-electron chi connectivity index (χ2n) is 25.4. The van der Waals surface area contributed by atoms with Gasteiger partial charge in [-0.1, -0.05) is 0 Å². The fourth-order valence-electron chi connectivity index (χ4n) is 12.0. The molecule has 26 nitrogen and oxygen atoms in total. The van der Waals surface area contributed by atoms with E-state index in [2.05, 4.69) is 30.4 Å². The number of aromatic nitrogens is 12. The largest absolute Gasteiger partial charge is 0.481 e. The van der Waals surface area contributed by atoms with E-state index in [1.165, 1.54) is 99.0 Å². The Kier molecular flexibility index (Phi) is 31.9. The number of nitro groups is 2. The first-order valence-corrected chi connectivity index (χ1v) is 43.4. The SMILES string of the molecule is Cn1ncc2c(=O)[nH]c3cc(F)c(I)cc3c21.Cn1ncc2c(=O)[nH]c3cc(F)ccc3c21.Cn1ncc2c(=O)n(CCC(=O)Cc3cc(I)c(F)c(I)c3F)c3cc(F)c(I)cc3c21.Cn1ncc2c(=O)n(CCC(=O)O)c3cc(F)c(I)cc3c21.Nc1cc(I)c(F)c(I)c1F.O=[N+]([O-])c1cc(I)c(F)c(I)c1F.O=[N+]([O-])c1ccc(F)cc1F. The number of aromatic amines is 2. The number of aliphatic carboxylic acids is 1. The maximum Gasteiger partial charge on any atom is 0.307 e. The van der Waals surface area contributed by atoms with Crippen molar-refractivity contribution in [2.75, 3.05) is 5.73 Å². The first kappa shape index (κ1) is 96.2. The molecule has 47 heteroatoms. The number of carbonyl (C=O) groups is 2. The second-order valence-corrected chi connectivity index (χ2v) is 35.6. The predicted molar refractivity (Wildman–Crippen MR) is 506 cm³/mol. The lowest BCUT2D eigenvalue weighted by Crippen LogP contribution is -2.23. The van der Waals surface area contributed by atoms with Crippen molar-refractivity contribution in [3.05, 3.63) is 285 Å². The summed E-state index contributed by atoms with van der Waals surface area (Å²) in [7, 11) is 6.92. The highest BCUT2D eigenvalue weighted by atomic mass is 127. The summed E-state index contributed by atoms with van der Waals surface area (Å²) in [5.41, 5.74) is 7.02. The van der Waals surface area contributed by atoms with Gasteiger partial charge in [0, 0.05) is 105 Å². The van der Waals surface area contributed by atoms with Crippen LogP contribution >= 0.6 is 203 Å². The molecule has 0 fully saturated rings. The summed E-state index contributed by atoms with van der Waals surface area (Å²) in [6, 6.07) is 18.7. The molecule has 8 aromatic carbocycles. The lowest BCUT2D eigenvalue weighted by atomic mass is 10.1. The van der Waals surface area contributed by atoms with Gasteiger partial charge in [0.05, 0.1) is 134 Å². The highest BCUT2D eigenvalue weighted by molar-refractivity contribution is 14.1. The van der Waals surface area contributed by atoms with Crippen molar-refractivity contribution >= 4 is 319 Å². The molecule has 8 heterocycles. The number of benzene rings is 8. The molecule has 0 saturated carbocycles. The molecular weight excluding hydrogens is 2660 g/mol. The molecule has 0 unspecified atom stereocenters. The minimum absolute atomic E-state index is 0.00394. The van der Waals surface area contributed by atoms with E-state index in [1.807, 2.05) is 67.8 Å². The van der Waals surface area contributed by atoms with Crippen molar-refractivity contribution in [3.63, 3.8) is 0 Å². The maximum atomic E-state index is 14.4. The number of aryl methyl sites for hydroxylation is 6. The maximum absolute atomic E-state index is 14.4. The van der Waals surface area contributed by atoms with Crippen LogP contribution < -0.4 is 28.0 Å². The Balaban J connectivity index is 0.000000154. The van der Waals surface area contributed by atoms with Crippen LogP contribution in [0.5, 0.6) is 0 Å². The van der Waals surface area contributed by atoms with Crippen LogP contribution in [0.25, 0.3) is 87.2 Å². The number of nitrogens with two attached hydrogens (primary N) is 1. The normalized spacial score (nSPS) is 11.1. The molecule has 0 spiro atoms. The Morgan fingerprint density at radius 2 is 0.803 bits per heavy atom. The molecule has 0 aliphatic rings. The number of Topliss-reactive ketones (excluding diaryl/α,β-unsaturated/α-hetero) is 1.